The normalized spacial score (nSPS) is 34.0. The van der Waals surface area contributed by atoms with Crippen molar-refractivity contribution in [1.82, 2.24) is 4.90 Å². The predicted molar refractivity (Wildman–Crippen MR) is 70.6 cm³/mol. The van der Waals surface area contributed by atoms with Crippen molar-refractivity contribution in [2.24, 2.45) is 5.92 Å². The number of hydrogen-bond donors (Lipinski definition) is 1. The quantitative estimate of drug-likeness (QED) is 0.728. The van der Waals surface area contributed by atoms with Crippen molar-refractivity contribution < 1.29 is 14.6 Å². The first-order chi connectivity index (χ1) is 8.81. The second kappa shape index (κ2) is 7.43. The first-order valence-electron chi connectivity index (χ1n) is 7.35. The maximum Gasteiger partial charge on any atom is 0.0809 e. The lowest BCUT2D eigenvalue weighted by atomic mass is 9.91. The van der Waals surface area contributed by atoms with E-state index < -0.39 is 0 Å². The van der Waals surface area contributed by atoms with E-state index in [0.29, 0.717) is 18.1 Å². The molecule has 0 radical (unpaired) electrons. The third kappa shape index (κ3) is 3.92. The molecule has 3 unspecified atom stereocenters. The van der Waals surface area contributed by atoms with E-state index in [-0.39, 0.29) is 6.61 Å². The molecule has 2 saturated heterocycles. The maximum absolute atomic E-state index is 9.46. The minimum Gasteiger partial charge on any atom is -0.395 e. The van der Waals surface area contributed by atoms with Gasteiger partial charge in [0.25, 0.3) is 0 Å². The summed E-state index contributed by atoms with van der Waals surface area (Å²) in [6.07, 6.45) is 5.10. The van der Waals surface area contributed by atoms with Gasteiger partial charge in [0, 0.05) is 19.2 Å². The van der Waals surface area contributed by atoms with Crippen LogP contribution in [0.3, 0.4) is 0 Å². The molecule has 0 bridgehead atoms. The summed E-state index contributed by atoms with van der Waals surface area (Å²) in [7, 11) is 0. The van der Waals surface area contributed by atoms with Crippen molar-refractivity contribution in [2.75, 3.05) is 39.5 Å². The van der Waals surface area contributed by atoms with Crippen LogP contribution < -0.4 is 0 Å². The van der Waals surface area contributed by atoms with Gasteiger partial charge in [-0.15, -0.1) is 0 Å². The van der Waals surface area contributed by atoms with Crippen LogP contribution in [0.1, 0.15) is 32.6 Å². The SMILES string of the molecule is CC1CCCN(CCOCC2CCCO2)C1CO. The molecule has 106 valence electrons. The molecule has 0 saturated carbocycles. The third-order valence-electron chi connectivity index (χ3n) is 4.27. The van der Waals surface area contributed by atoms with Crippen molar-refractivity contribution in [2.45, 2.75) is 44.8 Å². The Hall–Kier alpha value is -0.160. The van der Waals surface area contributed by atoms with Crippen LogP contribution in [0.25, 0.3) is 0 Å². The van der Waals surface area contributed by atoms with Crippen LogP contribution in [0.5, 0.6) is 0 Å². The molecule has 0 aromatic rings. The van der Waals surface area contributed by atoms with E-state index in [1.165, 1.54) is 19.3 Å². The molecule has 2 aliphatic heterocycles. The Morgan fingerprint density at radius 2 is 2.22 bits per heavy atom. The Morgan fingerprint density at radius 3 is 2.94 bits per heavy atom. The monoisotopic (exact) mass is 257 g/mol. The van der Waals surface area contributed by atoms with Crippen molar-refractivity contribution in [3.8, 4) is 0 Å². The van der Waals surface area contributed by atoms with Crippen molar-refractivity contribution in [1.29, 1.82) is 0 Å². The molecule has 0 aliphatic carbocycles. The lowest BCUT2D eigenvalue weighted by molar-refractivity contribution is -0.00804. The van der Waals surface area contributed by atoms with E-state index in [1.807, 2.05) is 0 Å². The topological polar surface area (TPSA) is 41.9 Å². The molecule has 0 spiro atoms. The third-order valence-corrected chi connectivity index (χ3v) is 4.27. The second-order valence-electron chi connectivity index (χ2n) is 5.62. The Labute approximate surface area is 110 Å². The first-order valence-corrected chi connectivity index (χ1v) is 7.35. The number of nitrogens with zero attached hydrogens (tertiary/aromatic N) is 1. The molecular weight excluding hydrogens is 230 g/mol. The van der Waals surface area contributed by atoms with Gasteiger partial charge in [0.05, 0.1) is 25.9 Å². The zero-order chi connectivity index (χ0) is 12.8. The predicted octanol–water partition coefficient (Wildman–Crippen LogP) is 1.27. The minimum atomic E-state index is 0.271. The van der Waals surface area contributed by atoms with Crippen LogP contribution in [-0.2, 0) is 9.47 Å². The number of piperidine rings is 1. The molecule has 0 aromatic carbocycles. The molecule has 2 rings (SSSR count). The van der Waals surface area contributed by atoms with E-state index in [9.17, 15) is 5.11 Å². The van der Waals surface area contributed by atoms with E-state index in [4.69, 9.17) is 9.47 Å². The van der Waals surface area contributed by atoms with Gasteiger partial charge in [-0.3, -0.25) is 4.90 Å². The van der Waals surface area contributed by atoms with Crippen LogP contribution in [-0.4, -0.2) is 61.7 Å². The largest absolute Gasteiger partial charge is 0.395 e. The summed E-state index contributed by atoms with van der Waals surface area (Å²) in [6, 6.07) is 0.324. The van der Waals surface area contributed by atoms with Crippen molar-refractivity contribution in [3.05, 3.63) is 0 Å². The molecule has 2 heterocycles. The van der Waals surface area contributed by atoms with Crippen LogP contribution in [0.4, 0.5) is 0 Å². The van der Waals surface area contributed by atoms with Crippen LogP contribution >= 0.6 is 0 Å². The zero-order valence-corrected chi connectivity index (χ0v) is 11.5. The molecule has 1 N–H and O–H groups in total. The fraction of sp³-hybridized carbons (Fsp3) is 1.00. The first kappa shape index (κ1) is 14.3. The van der Waals surface area contributed by atoms with E-state index in [2.05, 4.69) is 11.8 Å². The van der Waals surface area contributed by atoms with Gasteiger partial charge in [0.15, 0.2) is 0 Å². The molecule has 4 nitrogen and oxygen atoms in total. The number of ether oxygens (including phenoxy) is 2. The Bertz CT molecular complexity index is 231. The van der Waals surface area contributed by atoms with Gasteiger partial charge in [0.1, 0.15) is 0 Å². The number of rotatable bonds is 6. The highest BCUT2D eigenvalue weighted by Gasteiger charge is 2.27. The molecule has 2 fully saturated rings. The van der Waals surface area contributed by atoms with Crippen molar-refractivity contribution in [3.63, 3.8) is 0 Å². The molecule has 18 heavy (non-hydrogen) atoms. The highest BCUT2D eigenvalue weighted by molar-refractivity contribution is 4.81. The molecular formula is C14H27NO3. The second-order valence-corrected chi connectivity index (χ2v) is 5.62. The number of aliphatic hydroxyl groups is 1. The van der Waals surface area contributed by atoms with Gasteiger partial charge in [-0.2, -0.15) is 0 Å². The van der Waals surface area contributed by atoms with Crippen LogP contribution in [0.2, 0.25) is 0 Å². The number of likely N-dealkylation sites (tertiary alicyclic amines) is 1. The Kier molecular flexibility index (Phi) is 5.89. The molecule has 4 heteroatoms. The summed E-state index contributed by atoms with van der Waals surface area (Å²) in [4.78, 5) is 2.38. The van der Waals surface area contributed by atoms with Crippen LogP contribution in [0.15, 0.2) is 0 Å². The zero-order valence-electron chi connectivity index (χ0n) is 11.5. The molecule has 2 aliphatic rings. The maximum atomic E-state index is 9.46. The van der Waals surface area contributed by atoms with E-state index >= 15 is 0 Å². The van der Waals surface area contributed by atoms with Gasteiger partial charge in [-0.25, -0.2) is 0 Å². The summed E-state index contributed by atoms with van der Waals surface area (Å²) in [5.74, 6) is 0.599. The van der Waals surface area contributed by atoms with Crippen molar-refractivity contribution >= 4 is 0 Å². The number of hydrogen-bond acceptors (Lipinski definition) is 4. The highest BCUT2D eigenvalue weighted by atomic mass is 16.5. The van der Waals surface area contributed by atoms with Crippen LogP contribution in [0, 0.1) is 5.92 Å². The summed E-state index contributed by atoms with van der Waals surface area (Å²) in [6.45, 7) is 6.91. The standard InChI is InChI=1S/C14H27NO3/c1-12-4-2-6-15(14(12)10-16)7-9-17-11-13-5-3-8-18-13/h12-14,16H,2-11H2,1H3. The van der Waals surface area contributed by atoms with Gasteiger partial charge in [-0.05, 0) is 38.1 Å². The average molecular weight is 257 g/mol. The molecule has 0 amide bonds. The fourth-order valence-corrected chi connectivity index (χ4v) is 3.08. The summed E-state index contributed by atoms with van der Waals surface area (Å²) in [5, 5.41) is 9.46. The number of aliphatic hydroxyl groups excluding tert-OH is 1. The van der Waals surface area contributed by atoms with Gasteiger partial charge < -0.3 is 14.6 Å². The molecule has 0 aromatic heterocycles. The average Bonchev–Trinajstić information content (AvgIpc) is 2.88. The lowest BCUT2D eigenvalue weighted by Crippen LogP contribution is -2.47. The summed E-state index contributed by atoms with van der Waals surface area (Å²) >= 11 is 0. The summed E-state index contributed by atoms with van der Waals surface area (Å²) < 4.78 is 11.2. The Morgan fingerprint density at radius 1 is 1.33 bits per heavy atom. The highest BCUT2D eigenvalue weighted by Crippen LogP contribution is 2.22. The Balaban J connectivity index is 1.62. The smallest absolute Gasteiger partial charge is 0.0809 e. The van der Waals surface area contributed by atoms with Gasteiger partial charge in [0.2, 0.25) is 0 Å². The van der Waals surface area contributed by atoms with Gasteiger partial charge in [-0.1, -0.05) is 6.92 Å². The fourth-order valence-electron chi connectivity index (χ4n) is 3.08. The van der Waals surface area contributed by atoms with E-state index in [0.717, 1.165) is 39.3 Å². The lowest BCUT2D eigenvalue weighted by Gasteiger charge is -2.38. The summed E-state index contributed by atoms with van der Waals surface area (Å²) in [5.41, 5.74) is 0. The van der Waals surface area contributed by atoms with Gasteiger partial charge >= 0.3 is 0 Å². The molecule has 3 atom stereocenters. The van der Waals surface area contributed by atoms with E-state index in [1.54, 1.807) is 0 Å². The minimum absolute atomic E-state index is 0.271.